The van der Waals surface area contributed by atoms with Gasteiger partial charge in [-0.25, -0.2) is 14.4 Å². The fourth-order valence-electron chi connectivity index (χ4n) is 1.92. The lowest BCUT2D eigenvalue weighted by Gasteiger charge is -2.10. The van der Waals surface area contributed by atoms with E-state index < -0.39 is 17.6 Å². The summed E-state index contributed by atoms with van der Waals surface area (Å²) >= 11 is 0. The van der Waals surface area contributed by atoms with Crippen molar-refractivity contribution in [3.05, 3.63) is 42.1 Å². The number of halogens is 4. The number of hydrogen-bond donors (Lipinski definition) is 0. The normalized spacial score (nSPS) is 11.9. The molecule has 0 aliphatic carbocycles. The van der Waals surface area contributed by atoms with Crippen LogP contribution in [0, 0.1) is 5.82 Å². The minimum atomic E-state index is -4.81. The van der Waals surface area contributed by atoms with Crippen LogP contribution < -0.4 is 4.74 Å². The third-order valence-electron chi connectivity index (χ3n) is 2.95. The predicted molar refractivity (Wildman–Crippen MR) is 67.8 cm³/mol. The number of benzene rings is 1. The van der Waals surface area contributed by atoms with E-state index >= 15 is 0 Å². The molecular formula is C13H8F4N4O. The summed E-state index contributed by atoms with van der Waals surface area (Å²) < 4.78 is 58.1. The minimum absolute atomic E-state index is 0.0397. The molecule has 1 aromatic carbocycles. The van der Waals surface area contributed by atoms with E-state index in [4.69, 9.17) is 4.74 Å². The summed E-state index contributed by atoms with van der Waals surface area (Å²) in [5.74, 6) is -1.51. The van der Waals surface area contributed by atoms with Gasteiger partial charge in [0.05, 0.1) is 11.8 Å². The highest BCUT2D eigenvalue weighted by Crippen LogP contribution is 2.35. The van der Waals surface area contributed by atoms with Crippen LogP contribution in [0.25, 0.3) is 11.0 Å². The summed E-state index contributed by atoms with van der Waals surface area (Å²) in [6.45, 7) is 0. The van der Waals surface area contributed by atoms with Gasteiger partial charge in [0.1, 0.15) is 23.3 Å². The topological polar surface area (TPSA) is 52.8 Å². The first-order chi connectivity index (χ1) is 10.4. The van der Waals surface area contributed by atoms with Crippen LogP contribution in [0.2, 0.25) is 0 Å². The number of fused-ring (bicyclic) bond motifs is 1. The number of hydrogen-bond acceptors (Lipinski definition) is 4. The smallest absolute Gasteiger partial charge is 0.419 e. The van der Waals surface area contributed by atoms with Gasteiger partial charge >= 0.3 is 6.18 Å². The van der Waals surface area contributed by atoms with Crippen LogP contribution in [-0.2, 0) is 13.2 Å². The second-order valence-electron chi connectivity index (χ2n) is 4.43. The van der Waals surface area contributed by atoms with Crippen molar-refractivity contribution in [1.82, 2.24) is 19.7 Å². The van der Waals surface area contributed by atoms with E-state index in [0.29, 0.717) is 23.2 Å². The van der Waals surface area contributed by atoms with Crippen LogP contribution in [0.3, 0.4) is 0 Å². The number of aryl methyl sites for hydroxylation is 1. The van der Waals surface area contributed by atoms with Crippen LogP contribution in [0.15, 0.2) is 30.7 Å². The van der Waals surface area contributed by atoms with E-state index in [9.17, 15) is 17.6 Å². The lowest BCUT2D eigenvalue weighted by Crippen LogP contribution is -2.08. The Morgan fingerprint density at radius 3 is 2.68 bits per heavy atom. The van der Waals surface area contributed by atoms with Crippen molar-refractivity contribution in [2.24, 2.45) is 7.05 Å². The molecule has 0 N–H and O–H groups in total. The van der Waals surface area contributed by atoms with Gasteiger partial charge in [-0.05, 0) is 18.2 Å². The van der Waals surface area contributed by atoms with Gasteiger partial charge in [-0.1, -0.05) is 0 Å². The summed E-state index contributed by atoms with van der Waals surface area (Å²) in [6.07, 6.45) is -2.18. The molecule has 2 aromatic heterocycles. The number of rotatable bonds is 2. The average molecular weight is 312 g/mol. The zero-order chi connectivity index (χ0) is 15.9. The number of alkyl halides is 3. The Kier molecular flexibility index (Phi) is 3.19. The van der Waals surface area contributed by atoms with E-state index in [1.807, 2.05) is 0 Å². The molecule has 0 aliphatic rings. The van der Waals surface area contributed by atoms with Gasteiger partial charge in [0.2, 0.25) is 5.88 Å². The van der Waals surface area contributed by atoms with Crippen molar-refractivity contribution < 1.29 is 22.3 Å². The molecule has 0 saturated carbocycles. The van der Waals surface area contributed by atoms with Crippen molar-refractivity contribution in [3.8, 4) is 11.6 Å². The molecule has 0 fully saturated rings. The van der Waals surface area contributed by atoms with Crippen LogP contribution in [0.1, 0.15) is 5.56 Å². The zero-order valence-corrected chi connectivity index (χ0v) is 11.1. The third-order valence-corrected chi connectivity index (χ3v) is 2.95. The number of aromatic nitrogens is 4. The fraction of sp³-hybridized carbons (Fsp3) is 0.154. The standard InChI is InChI=1S/C13H8F4N4O/c1-21-11-8(5-20-21)12(19-6-18-11)22-7-2-3-10(14)9(4-7)13(15,16)17/h2-6H,1H3. The molecule has 3 aromatic rings. The van der Waals surface area contributed by atoms with Gasteiger partial charge in [0.25, 0.3) is 0 Å². The molecule has 0 amide bonds. The maximum absolute atomic E-state index is 13.2. The highest BCUT2D eigenvalue weighted by Gasteiger charge is 2.34. The van der Waals surface area contributed by atoms with Crippen LogP contribution in [0.5, 0.6) is 11.6 Å². The summed E-state index contributed by atoms with van der Waals surface area (Å²) in [7, 11) is 1.65. The molecule has 2 heterocycles. The van der Waals surface area contributed by atoms with Gasteiger partial charge in [-0.2, -0.15) is 18.3 Å². The molecular weight excluding hydrogens is 304 g/mol. The third kappa shape index (κ3) is 2.45. The molecule has 0 bridgehead atoms. The first-order valence-corrected chi connectivity index (χ1v) is 6.03. The molecule has 9 heteroatoms. The summed E-state index contributed by atoms with van der Waals surface area (Å²) in [4.78, 5) is 7.85. The maximum Gasteiger partial charge on any atom is 0.419 e. The maximum atomic E-state index is 13.2. The monoisotopic (exact) mass is 312 g/mol. The Morgan fingerprint density at radius 1 is 1.18 bits per heavy atom. The lowest BCUT2D eigenvalue weighted by atomic mass is 10.2. The molecule has 0 unspecified atom stereocenters. The van der Waals surface area contributed by atoms with E-state index in [2.05, 4.69) is 15.1 Å². The Hall–Kier alpha value is -2.71. The number of ether oxygens (including phenoxy) is 1. The quantitative estimate of drug-likeness (QED) is 0.681. The van der Waals surface area contributed by atoms with Gasteiger partial charge in [0.15, 0.2) is 5.65 Å². The van der Waals surface area contributed by atoms with Gasteiger partial charge in [-0.15, -0.1) is 0 Å². The van der Waals surface area contributed by atoms with Crippen LogP contribution in [-0.4, -0.2) is 19.7 Å². The van der Waals surface area contributed by atoms with Crippen molar-refractivity contribution in [2.45, 2.75) is 6.18 Å². The van der Waals surface area contributed by atoms with E-state index in [0.717, 1.165) is 6.07 Å². The molecule has 0 aliphatic heterocycles. The van der Waals surface area contributed by atoms with Crippen LogP contribution in [0.4, 0.5) is 17.6 Å². The average Bonchev–Trinajstić information content (AvgIpc) is 2.83. The van der Waals surface area contributed by atoms with Crippen LogP contribution >= 0.6 is 0 Å². The molecule has 5 nitrogen and oxygen atoms in total. The Bertz CT molecular complexity index is 844. The molecule has 0 atom stereocenters. The van der Waals surface area contributed by atoms with Gasteiger partial charge < -0.3 is 4.74 Å². The molecule has 0 saturated heterocycles. The Morgan fingerprint density at radius 2 is 1.95 bits per heavy atom. The highest BCUT2D eigenvalue weighted by molar-refractivity contribution is 5.79. The Labute approximate surface area is 121 Å². The summed E-state index contributed by atoms with van der Waals surface area (Å²) in [5.41, 5.74) is -0.940. The van der Waals surface area contributed by atoms with E-state index in [1.165, 1.54) is 17.2 Å². The first-order valence-electron chi connectivity index (χ1n) is 6.03. The highest BCUT2D eigenvalue weighted by atomic mass is 19.4. The van der Waals surface area contributed by atoms with Crippen molar-refractivity contribution in [3.63, 3.8) is 0 Å². The molecule has 114 valence electrons. The molecule has 0 radical (unpaired) electrons. The lowest BCUT2D eigenvalue weighted by molar-refractivity contribution is -0.140. The second kappa shape index (κ2) is 4.93. The fourth-order valence-corrected chi connectivity index (χ4v) is 1.92. The summed E-state index contributed by atoms with van der Waals surface area (Å²) in [5, 5.41) is 4.40. The molecule has 22 heavy (non-hydrogen) atoms. The number of nitrogens with zero attached hydrogens (tertiary/aromatic N) is 4. The predicted octanol–water partition coefficient (Wildman–Crippen LogP) is 3.31. The molecule has 3 rings (SSSR count). The van der Waals surface area contributed by atoms with Gasteiger partial charge in [0, 0.05) is 7.05 Å². The van der Waals surface area contributed by atoms with Crippen molar-refractivity contribution in [2.75, 3.05) is 0 Å². The SMILES string of the molecule is Cn1ncc2c(Oc3ccc(F)c(C(F)(F)F)c3)ncnc21. The van der Waals surface area contributed by atoms with Crippen molar-refractivity contribution in [1.29, 1.82) is 0 Å². The second-order valence-corrected chi connectivity index (χ2v) is 4.43. The molecule has 0 spiro atoms. The first kappa shape index (κ1) is 14.2. The largest absolute Gasteiger partial charge is 0.438 e. The van der Waals surface area contributed by atoms with E-state index in [1.54, 1.807) is 7.05 Å². The summed E-state index contributed by atoms with van der Waals surface area (Å²) in [6, 6.07) is 2.37. The van der Waals surface area contributed by atoms with E-state index in [-0.39, 0.29) is 11.6 Å². The minimum Gasteiger partial charge on any atom is -0.438 e. The zero-order valence-electron chi connectivity index (χ0n) is 11.1. The van der Waals surface area contributed by atoms with Crippen molar-refractivity contribution >= 4 is 11.0 Å². The Balaban J connectivity index is 2.02. The van der Waals surface area contributed by atoms with Gasteiger partial charge in [-0.3, -0.25) is 4.68 Å².